The van der Waals surface area contributed by atoms with E-state index < -0.39 is 6.04 Å². The highest BCUT2D eigenvalue weighted by atomic mass is 16.5. The number of likely N-dealkylation sites (N-methyl/N-ethyl adjacent to an activating group) is 1. The van der Waals surface area contributed by atoms with Gasteiger partial charge in [-0.15, -0.1) is 0 Å². The van der Waals surface area contributed by atoms with Crippen LogP contribution in [0.15, 0.2) is 73.1 Å². The van der Waals surface area contributed by atoms with Crippen LogP contribution in [0.5, 0.6) is 11.8 Å². The Hall–Kier alpha value is -3.78. The molecule has 0 bridgehead atoms. The number of aromatic nitrogens is 2. The highest BCUT2D eigenvalue weighted by Gasteiger charge is 2.34. The first kappa shape index (κ1) is 21.5. The molecular weight excluding hydrogens is 406 g/mol. The molecule has 1 aliphatic heterocycles. The first-order valence-electron chi connectivity index (χ1n) is 10.5. The Balaban J connectivity index is 1.47. The summed E-state index contributed by atoms with van der Waals surface area (Å²) in [6, 6.07) is 18.4. The van der Waals surface area contributed by atoms with Gasteiger partial charge in [0.1, 0.15) is 11.8 Å². The molecule has 8 heteroatoms. The van der Waals surface area contributed by atoms with Crippen LogP contribution in [0, 0.1) is 0 Å². The summed E-state index contributed by atoms with van der Waals surface area (Å²) in [5, 5.41) is 2.73. The van der Waals surface area contributed by atoms with Crippen LogP contribution in [0.25, 0.3) is 0 Å². The number of piperazine rings is 1. The largest absolute Gasteiger partial charge is 0.424 e. The van der Waals surface area contributed by atoms with Gasteiger partial charge in [-0.3, -0.25) is 14.5 Å². The zero-order valence-electron chi connectivity index (χ0n) is 17.8. The maximum absolute atomic E-state index is 13.2. The minimum atomic E-state index is -0.421. The molecule has 4 rings (SSSR count). The molecular formula is C24H25N5O3. The molecule has 0 spiro atoms. The van der Waals surface area contributed by atoms with E-state index in [1.54, 1.807) is 54.7 Å². The molecule has 1 aliphatic rings. The monoisotopic (exact) mass is 431 g/mol. The number of nitrogens with one attached hydrogen (secondary N) is 1. The summed E-state index contributed by atoms with van der Waals surface area (Å²) in [6.07, 6.45) is 3.18. The van der Waals surface area contributed by atoms with Gasteiger partial charge < -0.3 is 15.0 Å². The fourth-order valence-electron chi connectivity index (χ4n) is 3.75. The number of hydrogen-bond acceptors (Lipinski definition) is 6. The molecule has 32 heavy (non-hydrogen) atoms. The van der Waals surface area contributed by atoms with Crippen molar-refractivity contribution in [2.24, 2.45) is 0 Å². The third-order valence-corrected chi connectivity index (χ3v) is 5.39. The lowest BCUT2D eigenvalue weighted by atomic mass is 10.1. The number of benzene rings is 2. The van der Waals surface area contributed by atoms with Gasteiger partial charge in [-0.25, -0.2) is 9.97 Å². The number of carbonyl (C=O) groups excluding carboxylic acids is 2. The summed E-state index contributed by atoms with van der Waals surface area (Å²) in [5.74, 6) is 0.238. The molecule has 164 valence electrons. The molecule has 1 N–H and O–H groups in total. The molecule has 3 aromatic rings. The normalized spacial score (nSPS) is 16.4. The average molecular weight is 431 g/mol. The number of nitrogens with zero attached hydrogens (tertiary/aromatic N) is 4. The van der Waals surface area contributed by atoms with E-state index in [4.69, 9.17) is 4.74 Å². The Bertz CT molecular complexity index is 1060. The summed E-state index contributed by atoms with van der Waals surface area (Å²) in [6.45, 7) is 2.11. The van der Waals surface area contributed by atoms with Gasteiger partial charge in [-0.1, -0.05) is 36.4 Å². The Morgan fingerprint density at radius 3 is 2.56 bits per heavy atom. The van der Waals surface area contributed by atoms with Gasteiger partial charge in [0, 0.05) is 51.2 Å². The van der Waals surface area contributed by atoms with Crippen LogP contribution in [0.2, 0.25) is 0 Å². The number of rotatable bonds is 6. The van der Waals surface area contributed by atoms with Crippen molar-refractivity contribution in [2.75, 3.05) is 26.7 Å². The van der Waals surface area contributed by atoms with E-state index in [9.17, 15) is 9.59 Å². The molecule has 0 aliphatic carbocycles. The molecule has 0 radical (unpaired) electrons. The lowest BCUT2D eigenvalue weighted by molar-refractivity contribution is -0.128. The van der Waals surface area contributed by atoms with Crippen molar-refractivity contribution >= 4 is 11.8 Å². The van der Waals surface area contributed by atoms with Crippen LogP contribution in [-0.4, -0.2) is 64.3 Å². The van der Waals surface area contributed by atoms with Crippen LogP contribution in [0.3, 0.4) is 0 Å². The second kappa shape index (κ2) is 10.0. The fourth-order valence-corrected chi connectivity index (χ4v) is 3.75. The highest BCUT2D eigenvalue weighted by Crippen LogP contribution is 2.21. The topological polar surface area (TPSA) is 87.7 Å². The van der Waals surface area contributed by atoms with Crippen LogP contribution in [-0.2, 0) is 11.3 Å². The van der Waals surface area contributed by atoms with E-state index in [2.05, 4.69) is 20.2 Å². The molecule has 0 saturated carbocycles. The second-order valence-electron chi connectivity index (χ2n) is 7.50. The van der Waals surface area contributed by atoms with Gasteiger partial charge in [0.25, 0.3) is 5.91 Å². The third kappa shape index (κ3) is 5.09. The Kier molecular flexibility index (Phi) is 6.72. The smallest absolute Gasteiger partial charge is 0.321 e. The molecule has 1 saturated heterocycles. The summed E-state index contributed by atoms with van der Waals surface area (Å²) >= 11 is 0. The summed E-state index contributed by atoms with van der Waals surface area (Å²) < 4.78 is 5.65. The van der Waals surface area contributed by atoms with E-state index in [0.717, 1.165) is 5.56 Å². The van der Waals surface area contributed by atoms with Gasteiger partial charge in [0.15, 0.2) is 0 Å². The molecule has 2 aromatic carbocycles. The summed E-state index contributed by atoms with van der Waals surface area (Å²) in [5.41, 5.74) is 1.62. The molecule has 1 aromatic heterocycles. The highest BCUT2D eigenvalue weighted by molar-refractivity contribution is 5.95. The van der Waals surface area contributed by atoms with Crippen molar-refractivity contribution in [1.29, 1.82) is 0 Å². The van der Waals surface area contributed by atoms with Gasteiger partial charge in [-0.2, -0.15) is 0 Å². The first-order valence-corrected chi connectivity index (χ1v) is 10.5. The van der Waals surface area contributed by atoms with Crippen LogP contribution < -0.4 is 10.1 Å². The van der Waals surface area contributed by atoms with Crippen molar-refractivity contribution in [1.82, 2.24) is 25.1 Å². The predicted octanol–water partition coefficient (Wildman–Crippen LogP) is 2.34. The molecule has 1 atom stereocenters. The van der Waals surface area contributed by atoms with Crippen molar-refractivity contribution in [3.8, 4) is 11.8 Å². The van der Waals surface area contributed by atoms with E-state index in [1.807, 2.05) is 30.3 Å². The molecule has 8 nitrogen and oxygen atoms in total. The van der Waals surface area contributed by atoms with E-state index >= 15 is 0 Å². The molecule has 1 fully saturated rings. The third-order valence-electron chi connectivity index (χ3n) is 5.39. The number of carbonyl (C=O) groups is 2. The number of ether oxygens (including phenoxy) is 1. The van der Waals surface area contributed by atoms with Crippen molar-refractivity contribution < 1.29 is 14.3 Å². The minimum Gasteiger partial charge on any atom is -0.424 e. The van der Waals surface area contributed by atoms with E-state index in [1.165, 1.54) is 0 Å². The van der Waals surface area contributed by atoms with Crippen LogP contribution in [0.1, 0.15) is 15.9 Å². The molecule has 1 unspecified atom stereocenters. The zero-order chi connectivity index (χ0) is 22.3. The zero-order valence-corrected chi connectivity index (χ0v) is 17.8. The van der Waals surface area contributed by atoms with E-state index in [0.29, 0.717) is 37.5 Å². The van der Waals surface area contributed by atoms with Gasteiger partial charge in [0.05, 0.1) is 0 Å². The maximum Gasteiger partial charge on any atom is 0.321 e. The summed E-state index contributed by atoms with van der Waals surface area (Å²) in [4.78, 5) is 37.7. The Morgan fingerprint density at radius 2 is 1.81 bits per heavy atom. The summed E-state index contributed by atoms with van der Waals surface area (Å²) in [7, 11) is 1.62. The minimum absolute atomic E-state index is 0.100. The van der Waals surface area contributed by atoms with Gasteiger partial charge in [0.2, 0.25) is 5.91 Å². The average Bonchev–Trinajstić information content (AvgIpc) is 2.85. The number of hydrogen-bond donors (Lipinski definition) is 1. The molecule has 2 amide bonds. The quantitative estimate of drug-likeness (QED) is 0.645. The molecule has 2 heterocycles. The Labute approximate surface area is 186 Å². The Morgan fingerprint density at radius 1 is 1.03 bits per heavy atom. The van der Waals surface area contributed by atoms with E-state index in [-0.39, 0.29) is 17.8 Å². The SMILES string of the molecule is CNC(=O)C1CN(C(=O)c2cccc(Oc3ncccn3)c2)CCN1Cc1ccccc1. The number of amides is 2. The fraction of sp³-hybridized carbons (Fsp3) is 0.250. The van der Waals surface area contributed by atoms with Gasteiger partial charge in [-0.05, 0) is 29.8 Å². The lowest BCUT2D eigenvalue weighted by Gasteiger charge is -2.40. The standard InChI is InChI=1S/C24H25N5O3/c1-25-22(30)21-17-29(14-13-28(21)16-18-7-3-2-4-8-18)23(31)19-9-5-10-20(15-19)32-24-26-11-6-12-27-24/h2-12,15,21H,13-14,16-17H2,1H3,(H,25,30). The van der Waals surface area contributed by atoms with Gasteiger partial charge >= 0.3 is 6.01 Å². The van der Waals surface area contributed by atoms with Crippen LogP contribution in [0.4, 0.5) is 0 Å². The van der Waals surface area contributed by atoms with Crippen molar-refractivity contribution in [2.45, 2.75) is 12.6 Å². The van der Waals surface area contributed by atoms with Crippen molar-refractivity contribution in [3.05, 3.63) is 84.2 Å². The first-order chi connectivity index (χ1) is 15.6. The van der Waals surface area contributed by atoms with Crippen molar-refractivity contribution in [3.63, 3.8) is 0 Å². The second-order valence-corrected chi connectivity index (χ2v) is 7.50. The maximum atomic E-state index is 13.2. The van der Waals surface area contributed by atoms with Crippen LogP contribution >= 0.6 is 0 Å². The predicted molar refractivity (Wildman–Crippen MR) is 119 cm³/mol. The lowest BCUT2D eigenvalue weighted by Crippen LogP contribution is -2.59.